The van der Waals surface area contributed by atoms with Gasteiger partial charge in [0, 0.05) is 35.3 Å². The number of imidazole rings is 1. The van der Waals surface area contributed by atoms with Crippen LogP contribution < -0.4 is 16.0 Å². The summed E-state index contributed by atoms with van der Waals surface area (Å²) < 4.78 is 9.61. The highest BCUT2D eigenvalue weighted by Gasteiger charge is 2.42. The highest BCUT2D eigenvalue weighted by molar-refractivity contribution is 5.96. The maximum absolute atomic E-state index is 13.8. The molecule has 3 aromatic rings. The Morgan fingerprint density at radius 1 is 0.806 bits per heavy atom. The van der Waals surface area contributed by atoms with Gasteiger partial charge in [0.1, 0.15) is 29.8 Å². The Kier molecular flexibility index (Phi) is 13.1. The van der Waals surface area contributed by atoms with Gasteiger partial charge in [-0.1, -0.05) is 63.8 Å². The van der Waals surface area contributed by atoms with Crippen molar-refractivity contribution in [2.24, 2.45) is 16.8 Å². The Bertz CT molecular complexity index is 2390. The van der Waals surface area contributed by atoms with E-state index in [-0.39, 0.29) is 47.8 Å². The number of fused-ring (bicyclic) bond motifs is 3. The van der Waals surface area contributed by atoms with E-state index in [0.29, 0.717) is 18.9 Å². The van der Waals surface area contributed by atoms with Gasteiger partial charge in [-0.05, 0) is 86.3 Å². The molecule has 7 rings (SSSR count). The van der Waals surface area contributed by atoms with Crippen molar-refractivity contribution in [2.45, 2.75) is 103 Å². The van der Waals surface area contributed by atoms with Gasteiger partial charge in [0.2, 0.25) is 11.8 Å². The molecule has 0 radical (unpaired) electrons. The molecule has 1 aromatic heterocycles. The summed E-state index contributed by atoms with van der Waals surface area (Å²) in [5, 5.41) is 9.06. The van der Waals surface area contributed by atoms with Crippen molar-refractivity contribution >= 4 is 35.9 Å². The van der Waals surface area contributed by atoms with Crippen molar-refractivity contribution < 1.29 is 28.7 Å². The molecule has 2 aromatic carbocycles. The summed E-state index contributed by atoms with van der Waals surface area (Å²) in [5.74, 6) is 13.8. The van der Waals surface area contributed by atoms with Gasteiger partial charge in [-0.25, -0.2) is 14.6 Å². The number of carbonyl (C=O) groups is 4. The fourth-order valence-electron chi connectivity index (χ4n) is 9.08. The van der Waals surface area contributed by atoms with Crippen LogP contribution in [0.1, 0.15) is 107 Å². The molecule has 0 bridgehead atoms. The van der Waals surface area contributed by atoms with Crippen LogP contribution in [-0.4, -0.2) is 101 Å². The van der Waals surface area contributed by atoms with Crippen molar-refractivity contribution in [2.75, 3.05) is 27.3 Å². The van der Waals surface area contributed by atoms with Crippen LogP contribution in [0.15, 0.2) is 47.6 Å². The van der Waals surface area contributed by atoms with Gasteiger partial charge >= 0.3 is 12.2 Å². The molecule has 0 saturated carbocycles. The average molecular weight is 841 g/mol. The number of aromatic amines is 1. The largest absolute Gasteiger partial charge is 0.453 e. The van der Waals surface area contributed by atoms with Gasteiger partial charge in [0.25, 0.3) is 0 Å². The Morgan fingerprint density at radius 3 is 1.95 bits per heavy atom. The summed E-state index contributed by atoms with van der Waals surface area (Å²) in [4.78, 5) is 68.9. The number of nitrogens with zero attached hydrogens (tertiary/aromatic N) is 4. The number of rotatable bonds is 10. The third-order valence-corrected chi connectivity index (χ3v) is 12.2. The molecule has 0 spiro atoms. The lowest BCUT2D eigenvalue weighted by Gasteiger charge is -2.31. The first-order valence-electron chi connectivity index (χ1n) is 21.4. The Hall–Kier alpha value is -6.54. The van der Waals surface area contributed by atoms with Gasteiger partial charge in [0.15, 0.2) is 0 Å². The number of alkyl carbamates (subject to hydrolysis) is 2. The molecule has 14 nitrogen and oxygen atoms in total. The van der Waals surface area contributed by atoms with Crippen LogP contribution >= 0.6 is 0 Å². The second-order valence-electron chi connectivity index (χ2n) is 16.8. The molecule has 6 atom stereocenters. The summed E-state index contributed by atoms with van der Waals surface area (Å²) in [7, 11) is 2.58. The molecule has 4 amide bonds. The lowest BCUT2D eigenvalue weighted by Crippen LogP contribution is -2.55. The molecular formula is C48H56N8O6. The van der Waals surface area contributed by atoms with E-state index in [1.807, 2.05) is 46.4 Å². The zero-order valence-corrected chi connectivity index (χ0v) is 36.7. The maximum atomic E-state index is 13.8. The van der Waals surface area contributed by atoms with Gasteiger partial charge in [-0.15, -0.1) is 11.8 Å². The monoisotopic (exact) mass is 840 g/mol. The number of aliphatic imine (C=N–C) groups is 1. The fourth-order valence-corrected chi connectivity index (χ4v) is 9.08. The van der Waals surface area contributed by atoms with Crippen molar-refractivity contribution in [3.05, 3.63) is 70.7 Å². The van der Waals surface area contributed by atoms with Gasteiger partial charge in [-0.2, -0.15) is 0 Å². The number of methoxy groups -OCH3 is 2. The molecule has 2 saturated heterocycles. The molecule has 14 heteroatoms. The minimum Gasteiger partial charge on any atom is -0.453 e. The van der Waals surface area contributed by atoms with Crippen LogP contribution in [0.25, 0.3) is 28.5 Å². The number of hydrogen-bond donors (Lipinski definition) is 4. The van der Waals surface area contributed by atoms with E-state index in [1.54, 1.807) is 11.1 Å². The third kappa shape index (κ3) is 8.64. The number of hydrogen-bond acceptors (Lipinski definition) is 9. The van der Waals surface area contributed by atoms with E-state index in [1.165, 1.54) is 14.2 Å². The first kappa shape index (κ1) is 43.5. The Morgan fingerprint density at radius 2 is 1.39 bits per heavy atom. The van der Waals surface area contributed by atoms with Crippen LogP contribution in [0.3, 0.4) is 0 Å². The SMILES string of the molecule is CC#Cc1cc(-c2cnc([C@@H]3CCCN3C(=O)[C@@H](NC(=O)OC)C(C)C)[nH]2)cc(C#CC)c1-c1ccc2c(c1)C=CC1NC([C@@H]3CCCN3C(=O)[C@@H](NC(=O)OC)C(C)C)=NC21. The van der Waals surface area contributed by atoms with Crippen LogP contribution in [0.5, 0.6) is 0 Å². The normalized spacial score (nSPS) is 20.8. The molecule has 4 aliphatic rings. The van der Waals surface area contributed by atoms with Gasteiger partial charge in [-0.3, -0.25) is 14.6 Å². The van der Waals surface area contributed by atoms with Crippen LogP contribution in [0, 0.1) is 35.5 Å². The third-order valence-electron chi connectivity index (χ3n) is 12.2. The highest BCUT2D eigenvalue weighted by Crippen LogP contribution is 2.40. The molecule has 2 unspecified atom stereocenters. The summed E-state index contributed by atoms with van der Waals surface area (Å²) in [5.41, 5.74) is 7.31. The van der Waals surface area contributed by atoms with E-state index < -0.39 is 24.3 Å². The lowest BCUT2D eigenvalue weighted by atomic mass is 9.85. The van der Waals surface area contributed by atoms with Crippen molar-refractivity contribution in [3.63, 3.8) is 0 Å². The average Bonchev–Trinajstić information content (AvgIpc) is 4.10. The number of ether oxygens (including phenoxy) is 2. The molecule has 2 fully saturated rings. The number of amides is 4. The van der Waals surface area contributed by atoms with Crippen molar-refractivity contribution in [3.8, 4) is 46.1 Å². The zero-order chi connectivity index (χ0) is 44.2. The number of nitrogens with one attached hydrogen (secondary N) is 4. The summed E-state index contributed by atoms with van der Waals surface area (Å²) in [6, 6.07) is 8.38. The molecule has 62 heavy (non-hydrogen) atoms. The van der Waals surface area contributed by atoms with Crippen LogP contribution in [-0.2, 0) is 19.1 Å². The van der Waals surface area contributed by atoms with Crippen molar-refractivity contribution in [1.29, 1.82) is 0 Å². The number of benzene rings is 2. The van der Waals surface area contributed by atoms with E-state index in [4.69, 9.17) is 19.5 Å². The minimum absolute atomic E-state index is 0.0563. The van der Waals surface area contributed by atoms with Crippen LogP contribution in [0.4, 0.5) is 9.59 Å². The van der Waals surface area contributed by atoms with Crippen molar-refractivity contribution in [1.82, 2.24) is 35.7 Å². The van der Waals surface area contributed by atoms with E-state index in [0.717, 1.165) is 76.2 Å². The predicted molar refractivity (Wildman–Crippen MR) is 237 cm³/mol. The van der Waals surface area contributed by atoms with E-state index in [9.17, 15) is 19.2 Å². The van der Waals surface area contributed by atoms with E-state index >= 15 is 0 Å². The molecule has 3 aliphatic heterocycles. The minimum atomic E-state index is -0.724. The second-order valence-corrected chi connectivity index (χ2v) is 16.8. The topological polar surface area (TPSA) is 170 Å². The predicted octanol–water partition coefficient (Wildman–Crippen LogP) is 6.34. The first-order valence-corrected chi connectivity index (χ1v) is 21.4. The molecule has 4 heterocycles. The summed E-state index contributed by atoms with van der Waals surface area (Å²) in [6.45, 7) is 12.4. The lowest BCUT2D eigenvalue weighted by molar-refractivity contribution is -0.135. The number of likely N-dealkylation sites (tertiary alicyclic amines) is 2. The fraction of sp³-hybridized carbons (Fsp3) is 0.458. The first-order chi connectivity index (χ1) is 29.9. The molecule has 1 aliphatic carbocycles. The molecule has 324 valence electrons. The smallest absolute Gasteiger partial charge is 0.407 e. The Balaban J connectivity index is 1.16. The number of amidine groups is 1. The molecular weight excluding hydrogens is 785 g/mol. The standard InChI is InChI=1S/C48H56N8O6/c1-9-13-30-24-33(36-26-49-43(51-36)37-15-11-21-55(37)45(57)40(27(3)4)53-47(59)61-7)25-31(14-10-2)39(30)32-17-19-34-29(23-32)18-20-35-42(34)52-44(50-35)38-16-12-22-56(38)46(58)41(28(5)6)54-48(60)62-8/h17-20,23-28,35,37-38,40-42H,11-12,15-16,21-22H2,1-8H3,(H,49,51)(H,50,52)(H,53,59)(H,54,60)/t35?,37-,38-,40-,41-,42?/m0/s1. The number of H-pyrrole nitrogens is 1. The highest BCUT2D eigenvalue weighted by atomic mass is 16.5. The maximum Gasteiger partial charge on any atom is 0.407 e. The Labute approximate surface area is 363 Å². The summed E-state index contributed by atoms with van der Waals surface area (Å²) in [6.07, 6.45) is 7.96. The number of aromatic nitrogens is 2. The second kappa shape index (κ2) is 18.6. The van der Waals surface area contributed by atoms with E-state index in [2.05, 4.69) is 87.1 Å². The van der Waals surface area contributed by atoms with Crippen LogP contribution in [0.2, 0.25) is 0 Å². The zero-order valence-electron chi connectivity index (χ0n) is 36.7. The van der Waals surface area contributed by atoms with Gasteiger partial charge in [0.05, 0.1) is 44.2 Å². The number of carbonyl (C=O) groups excluding carboxylic acids is 4. The van der Waals surface area contributed by atoms with Gasteiger partial charge < -0.3 is 40.2 Å². The molecule has 4 N–H and O–H groups in total. The quantitative estimate of drug-likeness (QED) is 0.172. The summed E-state index contributed by atoms with van der Waals surface area (Å²) >= 11 is 0.